The molecule has 0 fully saturated rings. The van der Waals surface area contributed by atoms with Crippen LogP contribution in [0.25, 0.3) is 0 Å². The molecule has 0 saturated heterocycles. The molecule has 1 heterocycles. The summed E-state index contributed by atoms with van der Waals surface area (Å²) in [5.74, 6) is -1.02. The van der Waals surface area contributed by atoms with E-state index in [1.165, 1.54) is 6.07 Å². The lowest BCUT2D eigenvalue weighted by Crippen LogP contribution is -2.15. The van der Waals surface area contributed by atoms with Crippen molar-refractivity contribution in [3.63, 3.8) is 0 Å². The van der Waals surface area contributed by atoms with Gasteiger partial charge in [0, 0.05) is 0 Å². The Balaban J connectivity index is 2.59. The van der Waals surface area contributed by atoms with Crippen molar-refractivity contribution >= 4 is 5.97 Å². The number of carbonyl (C=O) groups is 1. The molecule has 1 aromatic heterocycles. The number of rotatable bonds is 5. The van der Waals surface area contributed by atoms with Crippen LogP contribution >= 0.6 is 0 Å². The molecule has 0 aromatic carbocycles. The van der Waals surface area contributed by atoms with E-state index in [0.717, 1.165) is 0 Å². The Kier molecular flexibility index (Phi) is 4.03. The second-order valence-electron chi connectivity index (χ2n) is 2.57. The summed E-state index contributed by atoms with van der Waals surface area (Å²) in [6.45, 7) is 2.81. The predicted octanol–water partition coefficient (Wildman–Crippen LogP) is 0.821. The lowest BCUT2D eigenvalue weighted by atomic mass is 10.3. The molecule has 0 spiro atoms. The molecule has 0 bridgehead atoms. The predicted molar refractivity (Wildman–Crippen MR) is 49.7 cm³/mol. The third kappa shape index (κ3) is 3.12. The van der Waals surface area contributed by atoms with Gasteiger partial charge in [0.05, 0.1) is 18.8 Å². The van der Waals surface area contributed by atoms with Gasteiger partial charge in [0.2, 0.25) is 0 Å². The van der Waals surface area contributed by atoms with E-state index in [0.29, 0.717) is 18.8 Å². The molecule has 0 aliphatic rings. The number of nitrogens with zero attached hydrogens (tertiary/aromatic N) is 1. The van der Waals surface area contributed by atoms with Crippen molar-refractivity contribution < 1.29 is 14.7 Å². The largest absolute Gasteiger partial charge is 0.477 e. The summed E-state index contributed by atoms with van der Waals surface area (Å²) in [5, 5.41) is 8.67. The lowest BCUT2D eigenvalue weighted by molar-refractivity contribution is 0.0454. The van der Waals surface area contributed by atoms with Crippen LogP contribution in [0.3, 0.4) is 0 Å². The number of aromatic nitrogens is 1. The van der Waals surface area contributed by atoms with E-state index in [-0.39, 0.29) is 5.69 Å². The Bertz CT molecular complexity index is 315. The summed E-state index contributed by atoms with van der Waals surface area (Å²) in [7, 11) is 0. The molecule has 0 aliphatic carbocycles. The maximum atomic E-state index is 10.6. The summed E-state index contributed by atoms with van der Waals surface area (Å²) >= 11 is 0. The zero-order chi connectivity index (χ0) is 10.4. The Labute approximate surface area is 81.7 Å². The standard InChI is InChI=1S/C9H12N2O3/c1-2-14-10-6-7-4-3-5-8(11-7)9(12)13/h3-5,10H,2,6H2,1H3,(H,12,13). The maximum Gasteiger partial charge on any atom is 0.354 e. The molecule has 0 amide bonds. The number of aromatic carboxylic acids is 1. The highest BCUT2D eigenvalue weighted by Gasteiger charge is 2.04. The second kappa shape index (κ2) is 5.31. The first-order chi connectivity index (χ1) is 6.74. The van der Waals surface area contributed by atoms with Crippen LogP contribution in [0.2, 0.25) is 0 Å². The average Bonchev–Trinajstić information content (AvgIpc) is 2.19. The zero-order valence-electron chi connectivity index (χ0n) is 7.86. The fraction of sp³-hybridized carbons (Fsp3) is 0.333. The van der Waals surface area contributed by atoms with Crippen LogP contribution in [0, 0.1) is 0 Å². The van der Waals surface area contributed by atoms with Gasteiger partial charge < -0.3 is 9.94 Å². The van der Waals surface area contributed by atoms with Gasteiger partial charge in [-0.1, -0.05) is 6.07 Å². The molecular formula is C9H12N2O3. The van der Waals surface area contributed by atoms with Gasteiger partial charge in [-0.15, -0.1) is 0 Å². The smallest absolute Gasteiger partial charge is 0.354 e. The number of hydroxylamine groups is 1. The minimum atomic E-state index is -1.02. The van der Waals surface area contributed by atoms with Crippen molar-refractivity contribution in [1.82, 2.24) is 10.5 Å². The first-order valence-electron chi connectivity index (χ1n) is 4.28. The Morgan fingerprint density at radius 3 is 3.07 bits per heavy atom. The Hall–Kier alpha value is -1.46. The number of carboxylic acids is 1. The molecule has 0 aliphatic heterocycles. The molecule has 2 N–H and O–H groups in total. The third-order valence-electron chi connectivity index (χ3n) is 1.53. The Morgan fingerprint density at radius 1 is 1.64 bits per heavy atom. The van der Waals surface area contributed by atoms with E-state index in [9.17, 15) is 4.79 Å². The quantitative estimate of drug-likeness (QED) is 0.539. The van der Waals surface area contributed by atoms with Gasteiger partial charge >= 0.3 is 5.97 Å². The minimum Gasteiger partial charge on any atom is -0.477 e. The number of carboxylic acid groups (broad SMARTS) is 1. The molecule has 1 aromatic rings. The normalized spacial score (nSPS) is 10.1. The van der Waals surface area contributed by atoms with Gasteiger partial charge in [0.1, 0.15) is 5.69 Å². The van der Waals surface area contributed by atoms with Crippen molar-refractivity contribution in [1.29, 1.82) is 0 Å². The third-order valence-corrected chi connectivity index (χ3v) is 1.53. The van der Waals surface area contributed by atoms with Crippen LogP contribution in [-0.4, -0.2) is 22.7 Å². The highest BCUT2D eigenvalue weighted by Crippen LogP contribution is 1.99. The van der Waals surface area contributed by atoms with Gasteiger partial charge in [-0.3, -0.25) is 0 Å². The van der Waals surface area contributed by atoms with Gasteiger partial charge in [0.25, 0.3) is 0 Å². The summed E-state index contributed by atoms with van der Waals surface area (Å²) in [5.41, 5.74) is 3.34. The summed E-state index contributed by atoms with van der Waals surface area (Å²) in [4.78, 5) is 19.4. The molecular weight excluding hydrogens is 184 g/mol. The number of pyridine rings is 1. The topological polar surface area (TPSA) is 71.5 Å². The molecule has 14 heavy (non-hydrogen) atoms. The monoisotopic (exact) mass is 196 g/mol. The van der Waals surface area contributed by atoms with Gasteiger partial charge in [-0.25, -0.2) is 9.78 Å². The molecule has 76 valence electrons. The minimum absolute atomic E-state index is 0.0424. The van der Waals surface area contributed by atoms with Crippen molar-refractivity contribution in [2.24, 2.45) is 0 Å². The van der Waals surface area contributed by atoms with Crippen molar-refractivity contribution in [2.75, 3.05) is 6.61 Å². The molecule has 0 saturated carbocycles. The molecule has 0 radical (unpaired) electrons. The SMILES string of the molecule is CCONCc1cccc(C(=O)O)n1. The molecule has 0 atom stereocenters. The van der Waals surface area contributed by atoms with E-state index < -0.39 is 5.97 Å². The highest BCUT2D eigenvalue weighted by molar-refractivity contribution is 5.85. The summed E-state index contributed by atoms with van der Waals surface area (Å²) in [6, 6.07) is 4.84. The fourth-order valence-corrected chi connectivity index (χ4v) is 0.924. The van der Waals surface area contributed by atoms with Crippen molar-refractivity contribution in [2.45, 2.75) is 13.5 Å². The molecule has 5 nitrogen and oxygen atoms in total. The number of hydrogen-bond acceptors (Lipinski definition) is 4. The highest BCUT2D eigenvalue weighted by atomic mass is 16.6. The van der Waals surface area contributed by atoms with Crippen molar-refractivity contribution in [3.8, 4) is 0 Å². The van der Waals surface area contributed by atoms with E-state index >= 15 is 0 Å². The van der Waals surface area contributed by atoms with Gasteiger partial charge in [-0.2, -0.15) is 5.48 Å². The molecule has 0 unspecified atom stereocenters. The van der Waals surface area contributed by atoms with Crippen LogP contribution in [0.1, 0.15) is 23.1 Å². The molecule has 1 rings (SSSR count). The van der Waals surface area contributed by atoms with Gasteiger partial charge in [-0.05, 0) is 19.1 Å². The first kappa shape index (κ1) is 10.6. The zero-order valence-corrected chi connectivity index (χ0v) is 7.86. The summed E-state index contributed by atoms with van der Waals surface area (Å²) in [6.07, 6.45) is 0. The van der Waals surface area contributed by atoms with E-state index in [1.54, 1.807) is 12.1 Å². The fourth-order valence-electron chi connectivity index (χ4n) is 0.924. The number of hydrogen-bond donors (Lipinski definition) is 2. The van der Waals surface area contributed by atoms with Crippen molar-refractivity contribution in [3.05, 3.63) is 29.6 Å². The van der Waals surface area contributed by atoms with E-state index in [1.807, 2.05) is 6.92 Å². The van der Waals surface area contributed by atoms with E-state index in [2.05, 4.69) is 10.5 Å². The lowest BCUT2D eigenvalue weighted by Gasteiger charge is -2.03. The second-order valence-corrected chi connectivity index (χ2v) is 2.57. The molecule has 5 heteroatoms. The average molecular weight is 196 g/mol. The first-order valence-corrected chi connectivity index (χ1v) is 4.28. The van der Waals surface area contributed by atoms with Crippen LogP contribution in [0.5, 0.6) is 0 Å². The Morgan fingerprint density at radius 2 is 2.43 bits per heavy atom. The van der Waals surface area contributed by atoms with Crippen LogP contribution in [0.4, 0.5) is 0 Å². The number of nitrogens with one attached hydrogen (secondary N) is 1. The maximum absolute atomic E-state index is 10.6. The van der Waals surface area contributed by atoms with Crippen LogP contribution < -0.4 is 5.48 Å². The van der Waals surface area contributed by atoms with Crippen LogP contribution in [0.15, 0.2) is 18.2 Å². The van der Waals surface area contributed by atoms with Gasteiger partial charge in [0.15, 0.2) is 0 Å². The van der Waals surface area contributed by atoms with Crippen LogP contribution in [-0.2, 0) is 11.4 Å². The van der Waals surface area contributed by atoms with E-state index in [4.69, 9.17) is 9.94 Å². The summed E-state index contributed by atoms with van der Waals surface area (Å²) < 4.78 is 0.